The molecule has 1 spiro atoms. The first kappa shape index (κ1) is 25.3. The van der Waals surface area contributed by atoms with Gasteiger partial charge in [-0.3, -0.25) is 9.59 Å². The normalized spacial score (nSPS) is 15.2. The van der Waals surface area contributed by atoms with Crippen LogP contribution in [0.4, 0.5) is 5.69 Å². The smallest absolute Gasteiger partial charge is 0.342 e. The Morgan fingerprint density at radius 3 is 1.74 bits per heavy atom. The van der Waals surface area contributed by atoms with E-state index in [9.17, 15) is 24.6 Å². The lowest BCUT2D eigenvalue weighted by Crippen LogP contribution is -2.49. The minimum atomic E-state index is -1.51. The maximum atomic E-state index is 13.8. The third-order valence-electron chi connectivity index (χ3n) is 6.71. The van der Waals surface area contributed by atoms with Gasteiger partial charge in [0.1, 0.15) is 23.0 Å². The number of esters is 1. The van der Waals surface area contributed by atoms with E-state index >= 15 is 0 Å². The zero-order valence-electron chi connectivity index (χ0n) is 22.1. The Morgan fingerprint density at radius 2 is 1.26 bits per heavy atom. The summed E-state index contributed by atoms with van der Waals surface area (Å²) in [4.78, 5) is 42.2. The number of fused-ring (bicyclic) bond motifs is 6. The van der Waals surface area contributed by atoms with Crippen molar-refractivity contribution in [3.8, 4) is 23.0 Å². The number of hydrogen-bond acceptors (Lipinski definition) is 7. The molecule has 0 atom stereocenters. The number of hydrogen-bond donors (Lipinski definition) is 2. The Balaban J connectivity index is 1.84. The van der Waals surface area contributed by atoms with Gasteiger partial charge in [-0.05, 0) is 30.3 Å². The molecule has 196 valence electrons. The molecule has 0 saturated carbocycles. The average Bonchev–Trinajstić information content (AvgIpc) is 3.11. The summed E-state index contributed by atoms with van der Waals surface area (Å²) in [6.07, 6.45) is 0. The van der Waals surface area contributed by atoms with Gasteiger partial charge >= 0.3 is 5.97 Å². The van der Waals surface area contributed by atoms with Gasteiger partial charge in [0.05, 0.1) is 11.3 Å². The second-order valence-electron chi connectivity index (χ2n) is 11.7. The molecule has 38 heavy (non-hydrogen) atoms. The van der Waals surface area contributed by atoms with Crippen LogP contribution in [0.1, 0.15) is 68.6 Å². The molecule has 0 radical (unpaired) electrons. The van der Waals surface area contributed by atoms with Gasteiger partial charge < -0.3 is 19.7 Å². The summed E-state index contributed by atoms with van der Waals surface area (Å²) < 4.78 is 12.2. The summed E-state index contributed by atoms with van der Waals surface area (Å²) in [5, 5.41) is 20.3. The first-order valence-corrected chi connectivity index (χ1v) is 12.3. The Morgan fingerprint density at radius 1 is 0.763 bits per heavy atom. The summed E-state index contributed by atoms with van der Waals surface area (Å²) in [7, 11) is 0. The number of amides is 2. The van der Waals surface area contributed by atoms with E-state index in [0.717, 1.165) is 4.90 Å². The van der Waals surface area contributed by atoms with Crippen LogP contribution >= 0.6 is 0 Å². The number of imide groups is 1. The third kappa shape index (κ3) is 3.62. The van der Waals surface area contributed by atoms with E-state index < -0.39 is 34.2 Å². The molecule has 5 rings (SSSR count). The fourth-order valence-electron chi connectivity index (χ4n) is 4.90. The van der Waals surface area contributed by atoms with Crippen LogP contribution < -0.4 is 9.64 Å². The number of carbonyl (C=O) groups excluding carboxylic acids is 3. The number of phenols is 2. The van der Waals surface area contributed by atoms with Gasteiger partial charge in [-0.2, -0.15) is 0 Å². The highest BCUT2D eigenvalue weighted by Crippen LogP contribution is 2.58. The van der Waals surface area contributed by atoms with E-state index in [2.05, 4.69) is 0 Å². The number of rotatable bonds is 1. The molecule has 0 aromatic heterocycles. The Labute approximate surface area is 220 Å². The van der Waals surface area contributed by atoms with Gasteiger partial charge in [0, 0.05) is 39.7 Å². The summed E-state index contributed by atoms with van der Waals surface area (Å²) >= 11 is 0. The second kappa shape index (κ2) is 8.08. The summed E-state index contributed by atoms with van der Waals surface area (Å²) in [5.41, 5.74) is -1.81. The first-order chi connectivity index (χ1) is 17.7. The molecule has 0 fully saturated rings. The molecule has 0 saturated heterocycles. The standard InChI is InChI=1S/C30H29NO7/c1-28(2,3)26(35)31(27(36)29(4,5)6)21-9-7-8-20-24(21)25(34)38-30(20)18-12-10-16(32)14-22(18)37-23-15-17(33)11-13-19(23)30/h7-15,32-33H,1-6H3. The van der Waals surface area contributed by atoms with Crippen LogP contribution in [-0.4, -0.2) is 28.0 Å². The fourth-order valence-corrected chi connectivity index (χ4v) is 4.90. The van der Waals surface area contributed by atoms with Crippen molar-refractivity contribution in [2.45, 2.75) is 47.1 Å². The average molecular weight is 516 g/mol. The molecule has 8 nitrogen and oxygen atoms in total. The Hall–Kier alpha value is -4.33. The zero-order valence-corrected chi connectivity index (χ0v) is 22.1. The van der Waals surface area contributed by atoms with Crippen molar-refractivity contribution >= 4 is 23.5 Å². The predicted molar refractivity (Wildman–Crippen MR) is 139 cm³/mol. The Kier molecular flexibility index (Phi) is 5.39. The van der Waals surface area contributed by atoms with Crippen LogP contribution in [0.5, 0.6) is 23.0 Å². The van der Waals surface area contributed by atoms with Gasteiger partial charge in [0.15, 0.2) is 5.60 Å². The number of ether oxygens (including phenoxy) is 2. The molecule has 0 aliphatic carbocycles. The number of carbonyl (C=O) groups is 3. The molecule has 3 aromatic carbocycles. The molecule has 0 unspecified atom stereocenters. The molecular weight excluding hydrogens is 486 g/mol. The highest BCUT2D eigenvalue weighted by molar-refractivity contribution is 6.21. The van der Waals surface area contributed by atoms with Crippen LogP contribution in [0, 0.1) is 10.8 Å². The molecule has 2 aliphatic heterocycles. The van der Waals surface area contributed by atoms with Crippen LogP contribution in [0.3, 0.4) is 0 Å². The highest BCUT2D eigenvalue weighted by Gasteiger charge is 2.55. The monoisotopic (exact) mass is 515 g/mol. The number of anilines is 1. The van der Waals surface area contributed by atoms with E-state index in [1.54, 1.807) is 71.9 Å². The summed E-state index contributed by atoms with van der Waals surface area (Å²) in [6, 6.07) is 13.9. The second-order valence-corrected chi connectivity index (χ2v) is 11.7. The van der Waals surface area contributed by atoms with Crippen molar-refractivity contribution < 1.29 is 34.1 Å². The molecule has 2 heterocycles. The number of aromatic hydroxyl groups is 2. The zero-order chi connectivity index (χ0) is 27.8. The van der Waals surface area contributed by atoms with Gasteiger partial charge in [0.25, 0.3) is 0 Å². The molecule has 2 N–H and O–H groups in total. The highest BCUT2D eigenvalue weighted by atomic mass is 16.6. The van der Waals surface area contributed by atoms with Crippen LogP contribution in [0.15, 0.2) is 54.6 Å². The summed E-state index contributed by atoms with van der Waals surface area (Å²) in [6.45, 7) is 10.3. The van der Waals surface area contributed by atoms with Crippen molar-refractivity contribution in [1.29, 1.82) is 0 Å². The third-order valence-corrected chi connectivity index (χ3v) is 6.71. The van der Waals surface area contributed by atoms with E-state index in [-0.39, 0.29) is 34.2 Å². The maximum Gasteiger partial charge on any atom is 0.342 e. The topological polar surface area (TPSA) is 113 Å². The molecular formula is C30H29NO7. The minimum absolute atomic E-state index is 0.0569. The summed E-state index contributed by atoms with van der Waals surface area (Å²) in [5.74, 6) is -1.27. The predicted octanol–water partition coefficient (Wildman–Crippen LogP) is 5.62. The van der Waals surface area contributed by atoms with Crippen LogP contribution in [0.2, 0.25) is 0 Å². The van der Waals surface area contributed by atoms with E-state index in [0.29, 0.717) is 16.7 Å². The first-order valence-electron chi connectivity index (χ1n) is 12.3. The van der Waals surface area contributed by atoms with Crippen molar-refractivity contribution in [1.82, 2.24) is 0 Å². The minimum Gasteiger partial charge on any atom is -0.508 e. The number of nitrogens with zero attached hydrogens (tertiary/aromatic N) is 1. The van der Waals surface area contributed by atoms with E-state index in [4.69, 9.17) is 9.47 Å². The lowest BCUT2D eigenvalue weighted by Gasteiger charge is -2.36. The van der Waals surface area contributed by atoms with Crippen molar-refractivity contribution in [3.05, 3.63) is 76.9 Å². The van der Waals surface area contributed by atoms with Crippen LogP contribution in [-0.2, 0) is 19.9 Å². The molecule has 2 aliphatic rings. The molecule has 8 heteroatoms. The number of phenolic OH excluding ortho intramolecular Hbond substituents is 2. The fraction of sp³-hybridized carbons (Fsp3) is 0.300. The van der Waals surface area contributed by atoms with E-state index in [1.165, 1.54) is 24.3 Å². The largest absolute Gasteiger partial charge is 0.508 e. The van der Waals surface area contributed by atoms with Crippen molar-refractivity contribution in [2.24, 2.45) is 10.8 Å². The quantitative estimate of drug-likeness (QED) is 0.405. The molecule has 0 bridgehead atoms. The van der Waals surface area contributed by atoms with Gasteiger partial charge in [-0.1, -0.05) is 53.7 Å². The van der Waals surface area contributed by atoms with Gasteiger partial charge in [-0.25, -0.2) is 9.69 Å². The van der Waals surface area contributed by atoms with Crippen LogP contribution in [0.25, 0.3) is 0 Å². The van der Waals surface area contributed by atoms with Gasteiger partial charge in [0.2, 0.25) is 11.8 Å². The van der Waals surface area contributed by atoms with Gasteiger partial charge in [-0.15, -0.1) is 0 Å². The van der Waals surface area contributed by atoms with E-state index in [1.807, 2.05) is 0 Å². The molecule has 3 aromatic rings. The van der Waals surface area contributed by atoms with Crippen molar-refractivity contribution in [2.75, 3.05) is 4.90 Å². The Bertz CT molecular complexity index is 1450. The lowest BCUT2D eigenvalue weighted by atomic mass is 9.77. The van der Waals surface area contributed by atoms with Crippen molar-refractivity contribution in [3.63, 3.8) is 0 Å². The molecule has 2 amide bonds. The maximum absolute atomic E-state index is 13.8. The SMILES string of the molecule is CC(C)(C)C(=O)N(C(=O)C(C)(C)C)c1cccc2c1C(=O)OC21c2ccc(O)cc2Oc2cc(O)ccc21. The lowest BCUT2D eigenvalue weighted by molar-refractivity contribution is -0.134. The number of benzene rings is 3.